The number of carbonyl (C=O) groups excluding carboxylic acids is 1. The molecule has 1 amide bonds. The predicted octanol–water partition coefficient (Wildman–Crippen LogP) is 1.44. The van der Waals surface area contributed by atoms with Crippen LogP contribution in [0.25, 0.3) is 0 Å². The first-order chi connectivity index (χ1) is 13.2. The zero-order valence-electron chi connectivity index (χ0n) is 15.2. The number of rotatable bonds is 4. The van der Waals surface area contributed by atoms with Gasteiger partial charge >= 0.3 is 0 Å². The van der Waals surface area contributed by atoms with Crippen molar-refractivity contribution in [2.75, 3.05) is 13.0 Å². The highest BCUT2D eigenvalue weighted by atomic mass is 32.2. The van der Waals surface area contributed by atoms with Gasteiger partial charge in [0.05, 0.1) is 4.90 Å². The molecular formula is C18H19N3O5S2. The van der Waals surface area contributed by atoms with Crippen molar-refractivity contribution < 1.29 is 22.7 Å². The Kier molecular flexibility index (Phi) is 5.71. The number of hydrazine groups is 1. The van der Waals surface area contributed by atoms with Crippen molar-refractivity contribution in [2.45, 2.75) is 18.4 Å². The molecule has 0 fully saturated rings. The lowest BCUT2D eigenvalue weighted by atomic mass is 10.1. The van der Waals surface area contributed by atoms with Crippen LogP contribution in [0.1, 0.15) is 21.5 Å². The van der Waals surface area contributed by atoms with Gasteiger partial charge in [0.15, 0.2) is 26.4 Å². The summed E-state index contributed by atoms with van der Waals surface area (Å²) in [5, 5.41) is 3.17. The highest BCUT2D eigenvalue weighted by Gasteiger charge is 2.15. The van der Waals surface area contributed by atoms with E-state index in [0.29, 0.717) is 23.6 Å². The summed E-state index contributed by atoms with van der Waals surface area (Å²) in [4.78, 5) is 12.4. The summed E-state index contributed by atoms with van der Waals surface area (Å²) in [5.74, 6) is 0.881. The fourth-order valence-electron chi connectivity index (χ4n) is 2.53. The number of carbonyl (C=O) groups is 1. The molecule has 0 unspecified atom stereocenters. The first-order valence-electron chi connectivity index (χ1n) is 8.27. The molecule has 0 saturated carbocycles. The van der Waals surface area contributed by atoms with Gasteiger partial charge in [-0.15, -0.1) is 0 Å². The molecule has 0 saturated heterocycles. The molecule has 28 heavy (non-hydrogen) atoms. The first kappa shape index (κ1) is 19.9. The van der Waals surface area contributed by atoms with Crippen LogP contribution in [0.4, 0.5) is 0 Å². The molecule has 1 aliphatic heterocycles. The minimum absolute atomic E-state index is 0.0757. The van der Waals surface area contributed by atoms with Crippen LogP contribution in [0.2, 0.25) is 0 Å². The number of hydrogen-bond donors (Lipinski definition) is 3. The van der Waals surface area contributed by atoms with Gasteiger partial charge in [-0.3, -0.25) is 15.6 Å². The Morgan fingerprint density at radius 2 is 1.86 bits per heavy atom. The largest absolute Gasteiger partial charge is 0.454 e. The standard InChI is InChI=1S/C18H19N3O5S2/c1-11-3-5-13(28(2,23)24)8-14(11)17(22)20-21-18(27)19-9-12-4-6-15-16(7-12)26-10-25-15/h3-8H,9-10H2,1-2H3,(H,20,22)(H2,19,21,27). The van der Waals surface area contributed by atoms with E-state index in [1.807, 2.05) is 18.2 Å². The first-order valence-corrected chi connectivity index (χ1v) is 10.6. The predicted molar refractivity (Wildman–Crippen MR) is 107 cm³/mol. The molecule has 2 aromatic carbocycles. The minimum Gasteiger partial charge on any atom is -0.454 e. The van der Waals surface area contributed by atoms with Crippen LogP contribution in [0.15, 0.2) is 41.3 Å². The number of amides is 1. The monoisotopic (exact) mass is 421 g/mol. The third-order valence-corrected chi connectivity index (χ3v) is 5.42. The van der Waals surface area contributed by atoms with Crippen molar-refractivity contribution in [3.63, 3.8) is 0 Å². The fourth-order valence-corrected chi connectivity index (χ4v) is 3.31. The lowest BCUT2D eigenvalue weighted by Gasteiger charge is -2.13. The molecule has 3 N–H and O–H groups in total. The summed E-state index contributed by atoms with van der Waals surface area (Å²) in [5.41, 5.74) is 6.88. The van der Waals surface area contributed by atoms with Crippen LogP contribution < -0.4 is 25.6 Å². The summed E-state index contributed by atoms with van der Waals surface area (Å²) in [6.07, 6.45) is 1.09. The summed E-state index contributed by atoms with van der Waals surface area (Å²) in [7, 11) is -3.41. The second-order valence-corrected chi connectivity index (χ2v) is 8.62. The number of ether oxygens (including phenoxy) is 2. The summed E-state index contributed by atoms with van der Waals surface area (Å²) >= 11 is 5.15. The maximum absolute atomic E-state index is 12.4. The van der Waals surface area contributed by atoms with E-state index in [2.05, 4.69) is 16.2 Å². The molecule has 0 spiro atoms. The Bertz CT molecular complexity index is 1040. The smallest absolute Gasteiger partial charge is 0.269 e. The fraction of sp³-hybridized carbons (Fsp3) is 0.222. The molecule has 0 aromatic heterocycles. The summed E-state index contributed by atoms with van der Waals surface area (Å²) in [6, 6.07) is 9.92. The van der Waals surface area contributed by atoms with E-state index in [4.69, 9.17) is 21.7 Å². The molecule has 0 atom stereocenters. The number of nitrogens with one attached hydrogen (secondary N) is 3. The lowest BCUT2D eigenvalue weighted by Crippen LogP contribution is -2.46. The second-order valence-electron chi connectivity index (χ2n) is 6.20. The molecule has 0 radical (unpaired) electrons. The van der Waals surface area contributed by atoms with Crippen LogP contribution in [-0.2, 0) is 16.4 Å². The maximum atomic E-state index is 12.4. The molecule has 8 nitrogen and oxygen atoms in total. The quantitative estimate of drug-likeness (QED) is 0.503. The Morgan fingerprint density at radius 1 is 1.11 bits per heavy atom. The lowest BCUT2D eigenvalue weighted by molar-refractivity contribution is 0.0943. The number of fused-ring (bicyclic) bond motifs is 1. The highest BCUT2D eigenvalue weighted by Crippen LogP contribution is 2.32. The van der Waals surface area contributed by atoms with Crippen molar-refractivity contribution in [3.05, 3.63) is 53.1 Å². The molecule has 1 heterocycles. The van der Waals surface area contributed by atoms with Crippen LogP contribution in [0.3, 0.4) is 0 Å². The van der Waals surface area contributed by atoms with Crippen LogP contribution >= 0.6 is 12.2 Å². The van der Waals surface area contributed by atoms with Crippen molar-refractivity contribution in [3.8, 4) is 11.5 Å². The van der Waals surface area contributed by atoms with E-state index in [0.717, 1.165) is 11.8 Å². The average Bonchev–Trinajstić information content (AvgIpc) is 3.11. The second kappa shape index (κ2) is 8.03. The third kappa shape index (κ3) is 4.70. The number of sulfone groups is 1. The number of benzene rings is 2. The van der Waals surface area contributed by atoms with Crippen LogP contribution in [0, 0.1) is 6.92 Å². The summed E-state index contributed by atoms with van der Waals surface area (Å²) < 4.78 is 33.9. The van der Waals surface area contributed by atoms with E-state index in [-0.39, 0.29) is 22.4 Å². The third-order valence-electron chi connectivity index (χ3n) is 4.06. The number of hydrogen-bond acceptors (Lipinski definition) is 6. The zero-order chi connectivity index (χ0) is 20.3. The van der Waals surface area contributed by atoms with E-state index in [1.165, 1.54) is 12.1 Å². The van der Waals surface area contributed by atoms with Crippen LogP contribution in [-0.4, -0.2) is 32.5 Å². The van der Waals surface area contributed by atoms with Gasteiger partial charge in [0, 0.05) is 18.4 Å². The normalized spacial score (nSPS) is 12.4. The Morgan fingerprint density at radius 3 is 2.61 bits per heavy atom. The molecule has 148 valence electrons. The zero-order valence-corrected chi connectivity index (χ0v) is 16.9. The Hall–Kier alpha value is -2.85. The van der Waals surface area contributed by atoms with Gasteiger partial charge in [-0.2, -0.15) is 0 Å². The van der Waals surface area contributed by atoms with Crippen molar-refractivity contribution in [2.24, 2.45) is 0 Å². The molecule has 10 heteroatoms. The SMILES string of the molecule is Cc1ccc(S(C)(=O)=O)cc1C(=O)NNC(=S)NCc1ccc2c(c1)OCO2. The van der Waals surface area contributed by atoms with Gasteiger partial charge < -0.3 is 14.8 Å². The highest BCUT2D eigenvalue weighted by molar-refractivity contribution is 7.90. The van der Waals surface area contributed by atoms with Crippen molar-refractivity contribution in [1.29, 1.82) is 0 Å². The molecule has 0 bridgehead atoms. The van der Waals surface area contributed by atoms with E-state index in [1.54, 1.807) is 13.0 Å². The van der Waals surface area contributed by atoms with Crippen molar-refractivity contribution in [1.82, 2.24) is 16.2 Å². The summed E-state index contributed by atoms with van der Waals surface area (Å²) in [6.45, 7) is 2.34. The van der Waals surface area contributed by atoms with Gasteiger partial charge in [0.1, 0.15) is 0 Å². The van der Waals surface area contributed by atoms with E-state index >= 15 is 0 Å². The molecule has 3 rings (SSSR count). The Balaban J connectivity index is 1.55. The van der Waals surface area contributed by atoms with Gasteiger partial charge in [-0.05, 0) is 54.5 Å². The minimum atomic E-state index is -3.41. The maximum Gasteiger partial charge on any atom is 0.269 e. The van der Waals surface area contributed by atoms with Crippen LogP contribution in [0.5, 0.6) is 11.5 Å². The average molecular weight is 422 g/mol. The molecule has 0 aliphatic carbocycles. The van der Waals surface area contributed by atoms with E-state index < -0.39 is 15.7 Å². The molecule has 1 aliphatic rings. The van der Waals surface area contributed by atoms with Gasteiger partial charge in [-0.1, -0.05) is 12.1 Å². The topological polar surface area (TPSA) is 106 Å². The van der Waals surface area contributed by atoms with E-state index in [9.17, 15) is 13.2 Å². The van der Waals surface area contributed by atoms with Gasteiger partial charge in [0.25, 0.3) is 5.91 Å². The number of thiocarbonyl (C=S) groups is 1. The van der Waals surface area contributed by atoms with Gasteiger partial charge in [0.2, 0.25) is 6.79 Å². The van der Waals surface area contributed by atoms with Crippen molar-refractivity contribution >= 4 is 33.1 Å². The number of aryl methyl sites for hydroxylation is 1. The molecule has 2 aromatic rings. The Labute approximate surface area is 168 Å². The van der Waals surface area contributed by atoms with Gasteiger partial charge in [-0.25, -0.2) is 8.42 Å². The molecular weight excluding hydrogens is 402 g/mol.